The summed E-state index contributed by atoms with van der Waals surface area (Å²) < 4.78 is 10.8. The Morgan fingerprint density at radius 1 is 1.11 bits per heavy atom. The zero-order valence-electron chi connectivity index (χ0n) is 17.6. The lowest BCUT2D eigenvalue weighted by Crippen LogP contribution is -2.52. The van der Waals surface area contributed by atoms with Crippen molar-refractivity contribution >= 4 is 6.03 Å². The maximum absolute atomic E-state index is 13.4. The van der Waals surface area contributed by atoms with Crippen molar-refractivity contribution in [3.05, 3.63) is 35.5 Å². The molecule has 2 heterocycles. The normalized spacial score (nSPS) is 20.3. The summed E-state index contributed by atoms with van der Waals surface area (Å²) in [6.45, 7) is 7.38. The first-order valence-electron chi connectivity index (χ1n) is 10.3. The number of nitrogens with zero attached hydrogens (tertiary/aromatic N) is 2. The molecule has 0 atom stereocenters. The fraction of sp³-hybridized carbons (Fsp3) is 0.591. The molecule has 28 heavy (non-hydrogen) atoms. The molecule has 0 radical (unpaired) electrons. The van der Waals surface area contributed by atoms with Gasteiger partial charge in [0, 0.05) is 18.3 Å². The Morgan fingerprint density at radius 2 is 1.75 bits per heavy atom. The van der Waals surface area contributed by atoms with E-state index in [1.54, 1.807) is 14.2 Å². The average Bonchev–Trinajstić information content (AvgIpc) is 2.93. The molecule has 1 aromatic carbocycles. The topological polar surface area (TPSA) is 54.0 Å². The van der Waals surface area contributed by atoms with Gasteiger partial charge in [-0.2, -0.15) is 0 Å². The van der Waals surface area contributed by atoms with Crippen LogP contribution in [0.2, 0.25) is 0 Å². The molecule has 154 valence electrons. The summed E-state index contributed by atoms with van der Waals surface area (Å²) in [5, 5.41) is 3.45. The van der Waals surface area contributed by atoms with E-state index in [2.05, 4.69) is 30.1 Å². The van der Waals surface area contributed by atoms with Crippen LogP contribution in [0.1, 0.15) is 45.1 Å². The highest BCUT2D eigenvalue weighted by Gasteiger charge is 2.52. The van der Waals surface area contributed by atoms with Gasteiger partial charge in [0.05, 0.1) is 26.3 Å². The zero-order chi connectivity index (χ0) is 20.1. The van der Waals surface area contributed by atoms with Gasteiger partial charge >= 0.3 is 6.03 Å². The van der Waals surface area contributed by atoms with Crippen LogP contribution in [-0.4, -0.2) is 55.2 Å². The van der Waals surface area contributed by atoms with E-state index >= 15 is 0 Å². The van der Waals surface area contributed by atoms with Crippen LogP contribution < -0.4 is 14.8 Å². The van der Waals surface area contributed by atoms with Gasteiger partial charge in [0.25, 0.3) is 0 Å². The number of rotatable bonds is 7. The van der Waals surface area contributed by atoms with E-state index in [9.17, 15) is 4.79 Å². The van der Waals surface area contributed by atoms with Crippen molar-refractivity contribution in [3.63, 3.8) is 0 Å². The van der Waals surface area contributed by atoms with Crippen molar-refractivity contribution in [2.45, 2.75) is 51.6 Å². The molecule has 0 aliphatic carbocycles. The van der Waals surface area contributed by atoms with Gasteiger partial charge in [-0.25, -0.2) is 4.79 Å². The summed E-state index contributed by atoms with van der Waals surface area (Å²) in [5.41, 5.74) is 1.99. The molecule has 1 spiro atoms. The summed E-state index contributed by atoms with van der Waals surface area (Å²) in [5.74, 6) is 1.48. The number of likely N-dealkylation sites (N-methyl/N-ethyl adjacent to an activating group) is 1. The van der Waals surface area contributed by atoms with Gasteiger partial charge in [-0.3, -0.25) is 4.90 Å². The molecule has 2 amide bonds. The maximum atomic E-state index is 13.4. The number of ether oxygens (including phenoxy) is 2. The highest BCUT2D eigenvalue weighted by molar-refractivity contribution is 5.82. The summed E-state index contributed by atoms with van der Waals surface area (Å²) in [4.78, 5) is 17.5. The van der Waals surface area contributed by atoms with Crippen molar-refractivity contribution in [3.8, 4) is 11.5 Å². The van der Waals surface area contributed by atoms with Gasteiger partial charge in [-0.15, -0.1) is 0 Å². The number of urea groups is 1. The number of amides is 2. The molecule has 2 saturated heterocycles. The Labute approximate surface area is 168 Å². The zero-order valence-corrected chi connectivity index (χ0v) is 17.6. The van der Waals surface area contributed by atoms with E-state index in [1.807, 2.05) is 23.1 Å². The van der Waals surface area contributed by atoms with Crippen LogP contribution >= 0.6 is 0 Å². The second-order valence-electron chi connectivity index (χ2n) is 7.49. The van der Waals surface area contributed by atoms with Crippen LogP contribution in [0.4, 0.5) is 4.79 Å². The first kappa shape index (κ1) is 20.5. The predicted octanol–water partition coefficient (Wildman–Crippen LogP) is 3.77. The van der Waals surface area contributed by atoms with Gasteiger partial charge < -0.3 is 19.7 Å². The molecule has 1 aromatic rings. The number of benzene rings is 1. The van der Waals surface area contributed by atoms with Crippen molar-refractivity contribution < 1.29 is 14.3 Å². The fourth-order valence-electron chi connectivity index (χ4n) is 4.50. The number of hydrogen-bond acceptors (Lipinski definition) is 4. The van der Waals surface area contributed by atoms with Crippen LogP contribution in [0.25, 0.3) is 0 Å². The minimum absolute atomic E-state index is 0.105. The number of nitrogens with one attached hydrogen (secondary N) is 1. The highest BCUT2D eigenvalue weighted by atomic mass is 16.5. The molecule has 0 saturated carbocycles. The van der Waals surface area contributed by atoms with Crippen molar-refractivity contribution in [1.29, 1.82) is 0 Å². The van der Waals surface area contributed by atoms with Gasteiger partial charge in [0.1, 0.15) is 11.5 Å². The number of piperidine rings is 1. The SMILES string of the molecule is CCC/C=C1\N(Cc2cc(OC)cc(OC)c2)C(=O)N(CC)C12CCNCC2. The summed E-state index contributed by atoms with van der Waals surface area (Å²) in [6, 6.07) is 5.93. The molecule has 2 aliphatic rings. The standard InChI is InChI=1S/C22H33N3O3/c1-5-7-8-20-22(9-11-23-12-10-22)25(6-2)21(26)24(20)16-17-13-18(27-3)15-19(14-17)28-4/h8,13-15,23H,5-7,9-12,16H2,1-4H3/b20-8-. The lowest BCUT2D eigenvalue weighted by Gasteiger charge is -2.41. The number of carbonyl (C=O) groups excluding carboxylic acids is 1. The predicted molar refractivity (Wildman–Crippen MR) is 111 cm³/mol. The molecule has 2 fully saturated rings. The van der Waals surface area contributed by atoms with Crippen LogP contribution in [0, 0.1) is 0 Å². The Balaban J connectivity index is 1.99. The molecular weight excluding hydrogens is 354 g/mol. The first-order chi connectivity index (χ1) is 13.6. The molecule has 0 aromatic heterocycles. The van der Waals surface area contributed by atoms with Gasteiger partial charge in [0.2, 0.25) is 0 Å². The number of carbonyl (C=O) groups is 1. The number of allylic oxidation sites excluding steroid dienone is 1. The van der Waals surface area contributed by atoms with E-state index in [0.717, 1.165) is 62.4 Å². The third-order valence-electron chi connectivity index (χ3n) is 5.87. The van der Waals surface area contributed by atoms with Crippen molar-refractivity contribution in [2.24, 2.45) is 0 Å². The smallest absolute Gasteiger partial charge is 0.325 e. The average molecular weight is 388 g/mol. The van der Waals surface area contributed by atoms with Gasteiger partial charge in [-0.05, 0) is 57.0 Å². The molecule has 3 rings (SSSR count). The quantitative estimate of drug-likeness (QED) is 0.774. The van der Waals surface area contributed by atoms with Crippen LogP contribution in [-0.2, 0) is 6.54 Å². The second-order valence-corrected chi connectivity index (χ2v) is 7.49. The third kappa shape index (κ3) is 3.70. The van der Waals surface area contributed by atoms with E-state index in [4.69, 9.17) is 9.47 Å². The molecule has 0 unspecified atom stereocenters. The number of unbranched alkanes of at least 4 members (excludes halogenated alkanes) is 1. The number of hydrogen-bond donors (Lipinski definition) is 1. The Morgan fingerprint density at radius 3 is 2.29 bits per heavy atom. The summed E-state index contributed by atoms with van der Waals surface area (Å²) in [6.07, 6.45) is 6.25. The number of methoxy groups -OCH3 is 2. The van der Waals surface area contributed by atoms with Crippen LogP contribution in [0.3, 0.4) is 0 Å². The lowest BCUT2D eigenvalue weighted by atomic mass is 9.83. The Hall–Kier alpha value is -2.21. The van der Waals surface area contributed by atoms with E-state index in [1.165, 1.54) is 5.70 Å². The van der Waals surface area contributed by atoms with E-state index < -0.39 is 0 Å². The fourth-order valence-corrected chi connectivity index (χ4v) is 4.50. The van der Waals surface area contributed by atoms with Gasteiger partial charge in [0.15, 0.2) is 0 Å². The molecular formula is C22H33N3O3. The summed E-state index contributed by atoms with van der Waals surface area (Å²) >= 11 is 0. The Bertz CT molecular complexity index is 703. The Kier molecular flexibility index (Phi) is 6.50. The van der Waals surface area contributed by atoms with Crippen LogP contribution in [0.5, 0.6) is 11.5 Å². The molecule has 1 N–H and O–H groups in total. The van der Waals surface area contributed by atoms with Gasteiger partial charge in [-0.1, -0.05) is 19.4 Å². The highest BCUT2D eigenvalue weighted by Crippen LogP contribution is 2.43. The molecule has 0 bridgehead atoms. The van der Waals surface area contributed by atoms with Crippen molar-refractivity contribution in [1.82, 2.24) is 15.1 Å². The molecule has 6 nitrogen and oxygen atoms in total. The van der Waals surface area contributed by atoms with Crippen LogP contribution in [0.15, 0.2) is 30.0 Å². The lowest BCUT2D eigenvalue weighted by molar-refractivity contribution is 0.141. The van der Waals surface area contributed by atoms with E-state index in [-0.39, 0.29) is 11.6 Å². The molecule has 6 heteroatoms. The minimum atomic E-state index is -0.185. The largest absolute Gasteiger partial charge is 0.497 e. The monoisotopic (exact) mass is 387 g/mol. The summed E-state index contributed by atoms with van der Waals surface area (Å²) in [7, 11) is 3.30. The molecule has 2 aliphatic heterocycles. The minimum Gasteiger partial charge on any atom is -0.497 e. The van der Waals surface area contributed by atoms with Crippen molar-refractivity contribution in [2.75, 3.05) is 33.9 Å². The first-order valence-corrected chi connectivity index (χ1v) is 10.3. The second kappa shape index (κ2) is 8.86. The third-order valence-corrected chi connectivity index (χ3v) is 5.87. The van der Waals surface area contributed by atoms with E-state index in [0.29, 0.717) is 6.54 Å². The maximum Gasteiger partial charge on any atom is 0.325 e.